The van der Waals surface area contributed by atoms with Crippen LogP contribution in [-0.4, -0.2) is 45.2 Å². The first-order chi connectivity index (χ1) is 8.86. The van der Waals surface area contributed by atoms with Gasteiger partial charge < -0.3 is 15.0 Å². The number of hydrogen-bond acceptors (Lipinski definition) is 4. The number of nitrogens with one attached hydrogen (secondary N) is 1. The van der Waals surface area contributed by atoms with Gasteiger partial charge in [0.25, 0.3) is 5.88 Å². The van der Waals surface area contributed by atoms with Crippen LogP contribution in [0.5, 0.6) is 5.88 Å². The number of nitrogens with zero attached hydrogens (tertiary/aromatic N) is 3. The molecule has 0 bridgehead atoms. The highest BCUT2D eigenvalue weighted by atomic mass is 16.5. The third-order valence-corrected chi connectivity index (χ3v) is 3.48. The van der Waals surface area contributed by atoms with E-state index in [1.807, 2.05) is 13.8 Å². The first kappa shape index (κ1) is 13.4. The predicted molar refractivity (Wildman–Crippen MR) is 68.8 cm³/mol. The van der Waals surface area contributed by atoms with Gasteiger partial charge in [0, 0.05) is 14.0 Å². The van der Waals surface area contributed by atoms with Crippen LogP contribution in [0.25, 0.3) is 0 Å². The molecule has 1 aliphatic heterocycles. The third kappa shape index (κ3) is 2.27. The number of likely N-dealkylation sites (tertiary alicyclic amines) is 1. The molecule has 7 nitrogen and oxygen atoms in total. The van der Waals surface area contributed by atoms with Crippen LogP contribution in [0.3, 0.4) is 0 Å². The summed E-state index contributed by atoms with van der Waals surface area (Å²) in [4.78, 5) is 23.7. The predicted octanol–water partition coefficient (Wildman–Crippen LogP) is 0.376. The molecule has 19 heavy (non-hydrogen) atoms. The normalized spacial score (nSPS) is 20.6. The molecule has 0 saturated carbocycles. The Kier molecular flexibility index (Phi) is 3.21. The number of carbonyl (C=O) groups is 2. The van der Waals surface area contributed by atoms with Crippen molar-refractivity contribution in [1.82, 2.24) is 14.7 Å². The fraction of sp³-hybridized carbons (Fsp3) is 0.583. The van der Waals surface area contributed by atoms with Crippen molar-refractivity contribution in [2.75, 3.05) is 11.9 Å². The number of rotatable bonds is 4. The van der Waals surface area contributed by atoms with Crippen LogP contribution in [-0.2, 0) is 16.6 Å². The van der Waals surface area contributed by atoms with Crippen molar-refractivity contribution in [2.24, 2.45) is 7.05 Å². The molecule has 7 heteroatoms. The van der Waals surface area contributed by atoms with Crippen molar-refractivity contribution < 1.29 is 14.3 Å². The average molecular weight is 266 g/mol. The van der Waals surface area contributed by atoms with Crippen LogP contribution < -0.4 is 10.1 Å². The minimum atomic E-state index is -0.373. The maximum absolute atomic E-state index is 11.4. The second-order valence-electron chi connectivity index (χ2n) is 5.17. The van der Waals surface area contributed by atoms with E-state index in [2.05, 4.69) is 10.4 Å². The number of aromatic nitrogens is 2. The monoisotopic (exact) mass is 266 g/mol. The molecule has 1 fully saturated rings. The third-order valence-electron chi connectivity index (χ3n) is 3.48. The summed E-state index contributed by atoms with van der Waals surface area (Å²) < 4.78 is 7.37. The van der Waals surface area contributed by atoms with Gasteiger partial charge in [0.1, 0.15) is 11.8 Å². The van der Waals surface area contributed by atoms with E-state index in [1.54, 1.807) is 22.8 Å². The summed E-state index contributed by atoms with van der Waals surface area (Å²) in [5.41, 5.74) is 0.150. The lowest BCUT2D eigenvalue weighted by atomic mass is 9.85. The molecule has 1 atom stereocenters. The molecule has 1 aromatic rings. The van der Waals surface area contributed by atoms with E-state index in [4.69, 9.17) is 4.74 Å². The first-order valence-corrected chi connectivity index (χ1v) is 6.05. The van der Waals surface area contributed by atoms with Gasteiger partial charge in [-0.3, -0.25) is 14.3 Å². The van der Waals surface area contributed by atoms with E-state index in [1.165, 1.54) is 6.92 Å². The zero-order valence-electron chi connectivity index (χ0n) is 11.5. The molecule has 1 aliphatic rings. The maximum atomic E-state index is 11.4. The molecule has 0 spiro atoms. The van der Waals surface area contributed by atoms with Crippen LogP contribution in [0.2, 0.25) is 0 Å². The van der Waals surface area contributed by atoms with Crippen molar-refractivity contribution >= 4 is 18.0 Å². The van der Waals surface area contributed by atoms with E-state index < -0.39 is 0 Å². The Morgan fingerprint density at radius 2 is 2.32 bits per heavy atom. The Bertz CT molecular complexity index is 509. The molecule has 0 unspecified atom stereocenters. The quantitative estimate of drug-likeness (QED) is 0.799. The molecule has 1 saturated heterocycles. The van der Waals surface area contributed by atoms with E-state index in [9.17, 15) is 9.59 Å². The second kappa shape index (κ2) is 4.56. The number of amides is 2. The van der Waals surface area contributed by atoms with E-state index >= 15 is 0 Å². The van der Waals surface area contributed by atoms with Crippen molar-refractivity contribution in [3.63, 3.8) is 0 Å². The van der Waals surface area contributed by atoms with Gasteiger partial charge in [0.2, 0.25) is 12.3 Å². The SMILES string of the molecule is CC(=O)N1C[C@H](Oc2nn(C)cc2NC=O)C1(C)C. The fourth-order valence-corrected chi connectivity index (χ4v) is 2.25. The highest BCUT2D eigenvalue weighted by Gasteiger charge is 2.50. The molecule has 2 rings (SSSR count). The number of hydrogen-bond donors (Lipinski definition) is 1. The molecule has 1 N–H and O–H groups in total. The van der Waals surface area contributed by atoms with Crippen LogP contribution in [0.15, 0.2) is 6.20 Å². The summed E-state index contributed by atoms with van der Waals surface area (Å²) in [6, 6.07) is 0. The van der Waals surface area contributed by atoms with Crippen LogP contribution >= 0.6 is 0 Å². The lowest BCUT2D eigenvalue weighted by Gasteiger charge is -2.53. The van der Waals surface area contributed by atoms with Crippen LogP contribution in [0.1, 0.15) is 20.8 Å². The second-order valence-corrected chi connectivity index (χ2v) is 5.17. The minimum absolute atomic E-state index is 0.0251. The zero-order chi connectivity index (χ0) is 14.2. The summed E-state index contributed by atoms with van der Waals surface area (Å²) >= 11 is 0. The maximum Gasteiger partial charge on any atom is 0.257 e. The van der Waals surface area contributed by atoms with Crippen molar-refractivity contribution in [3.8, 4) is 5.88 Å². The number of aryl methyl sites for hydroxylation is 1. The molecule has 0 radical (unpaired) electrons. The fourth-order valence-electron chi connectivity index (χ4n) is 2.25. The first-order valence-electron chi connectivity index (χ1n) is 6.05. The number of anilines is 1. The lowest BCUT2D eigenvalue weighted by Crippen LogP contribution is -2.70. The van der Waals surface area contributed by atoms with E-state index in [0.29, 0.717) is 24.5 Å². The topological polar surface area (TPSA) is 76.5 Å². The van der Waals surface area contributed by atoms with Gasteiger partial charge >= 0.3 is 0 Å². The van der Waals surface area contributed by atoms with Gasteiger partial charge in [0.05, 0.1) is 18.3 Å². The van der Waals surface area contributed by atoms with Crippen LogP contribution in [0.4, 0.5) is 5.69 Å². The van der Waals surface area contributed by atoms with E-state index in [0.717, 1.165) is 0 Å². The largest absolute Gasteiger partial charge is 0.467 e. The smallest absolute Gasteiger partial charge is 0.257 e. The zero-order valence-corrected chi connectivity index (χ0v) is 11.5. The summed E-state index contributed by atoms with van der Waals surface area (Å²) in [5.74, 6) is 0.396. The Hall–Kier alpha value is -2.05. The Balaban J connectivity index is 2.11. The van der Waals surface area contributed by atoms with E-state index in [-0.39, 0.29) is 17.6 Å². The molecule has 1 aromatic heterocycles. The number of ether oxygens (including phenoxy) is 1. The molecule has 0 aliphatic carbocycles. The van der Waals surface area contributed by atoms with Gasteiger partial charge in [-0.1, -0.05) is 0 Å². The van der Waals surface area contributed by atoms with Gasteiger partial charge in [-0.15, -0.1) is 5.10 Å². The van der Waals surface area contributed by atoms with Gasteiger partial charge in [0.15, 0.2) is 0 Å². The molecular formula is C12H18N4O3. The average Bonchev–Trinajstić information content (AvgIpc) is 2.64. The highest BCUT2D eigenvalue weighted by Crippen LogP contribution is 2.35. The van der Waals surface area contributed by atoms with Crippen molar-refractivity contribution in [3.05, 3.63) is 6.20 Å². The molecule has 2 amide bonds. The summed E-state index contributed by atoms with van der Waals surface area (Å²) in [7, 11) is 1.75. The minimum Gasteiger partial charge on any atom is -0.467 e. The number of carbonyl (C=O) groups excluding carboxylic acids is 2. The summed E-state index contributed by atoms with van der Waals surface area (Å²) in [6.45, 7) is 5.95. The lowest BCUT2D eigenvalue weighted by molar-refractivity contribution is -0.158. The Morgan fingerprint density at radius 1 is 1.63 bits per heavy atom. The Labute approximate surface area is 111 Å². The molecule has 2 heterocycles. The molecular weight excluding hydrogens is 248 g/mol. The summed E-state index contributed by atoms with van der Waals surface area (Å²) in [5, 5.41) is 6.70. The molecule has 104 valence electrons. The van der Waals surface area contributed by atoms with Crippen molar-refractivity contribution in [2.45, 2.75) is 32.4 Å². The Morgan fingerprint density at radius 3 is 2.84 bits per heavy atom. The van der Waals surface area contributed by atoms with Crippen LogP contribution in [0, 0.1) is 0 Å². The standard InChI is InChI=1S/C12H18N4O3/c1-8(18)16-6-10(12(16,2)3)19-11-9(13-7-17)5-15(4)14-11/h5,7,10H,6H2,1-4H3,(H,13,17)/t10-/m0/s1. The summed E-state index contributed by atoms with van der Waals surface area (Å²) in [6.07, 6.45) is 2.11. The highest BCUT2D eigenvalue weighted by molar-refractivity contribution is 5.76. The van der Waals surface area contributed by atoms with Gasteiger partial charge in [-0.2, -0.15) is 0 Å². The van der Waals surface area contributed by atoms with Gasteiger partial charge in [-0.25, -0.2) is 0 Å². The van der Waals surface area contributed by atoms with Gasteiger partial charge in [-0.05, 0) is 13.8 Å². The van der Waals surface area contributed by atoms with Crippen molar-refractivity contribution in [1.29, 1.82) is 0 Å². The molecule has 0 aromatic carbocycles.